The molecule has 0 unspecified atom stereocenters. The number of rotatable bonds is 5. The van der Waals surface area contributed by atoms with Crippen molar-refractivity contribution in [2.45, 2.75) is 24.7 Å². The SMILES string of the molecule is C[C@@H](OC(=O)CS[C@@H]1CCS(=O)(=O)C1)c1nc2ccccc2c(=O)[nH]1. The fraction of sp³-hybridized carbons (Fsp3) is 0.438. The number of carbonyl (C=O) groups excluding carboxylic acids is 1. The van der Waals surface area contributed by atoms with Gasteiger partial charge in [0.15, 0.2) is 21.8 Å². The maximum absolute atomic E-state index is 12.1. The Hall–Kier alpha value is -1.87. The molecule has 2 atom stereocenters. The monoisotopic (exact) mass is 382 g/mol. The van der Waals surface area contributed by atoms with Crippen molar-refractivity contribution < 1.29 is 17.9 Å². The minimum Gasteiger partial charge on any atom is -0.454 e. The molecule has 25 heavy (non-hydrogen) atoms. The summed E-state index contributed by atoms with van der Waals surface area (Å²) in [7, 11) is -2.96. The number of hydrogen-bond donors (Lipinski definition) is 1. The summed E-state index contributed by atoms with van der Waals surface area (Å²) in [6, 6.07) is 6.93. The standard InChI is InChI=1S/C16H18N2O5S2/c1-10(15-17-13-5-3-2-4-12(13)16(20)18-15)23-14(19)8-24-11-6-7-25(21,22)9-11/h2-5,10-11H,6-9H2,1H3,(H,17,18,20)/t10-,11-/m1/s1. The highest BCUT2D eigenvalue weighted by Crippen LogP contribution is 2.25. The molecule has 0 saturated carbocycles. The highest BCUT2D eigenvalue weighted by atomic mass is 32.2. The molecule has 1 aliphatic heterocycles. The second-order valence-electron chi connectivity index (χ2n) is 5.94. The van der Waals surface area contributed by atoms with Crippen LogP contribution < -0.4 is 5.56 Å². The maximum atomic E-state index is 12.1. The van der Waals surface area contributed by atoms with E-state index in [1.165, 1.54) is 11.8 Å². The Kier molecular flexibility index (Phi) is 5.14. The number of sulfone groups is 1. The lowest BCUT2D eigenvalue weighted by atomic mass is 10.2. The number of ether oxygens (including phenoxy) is 1. The highest BCUT2D eigenvalue weighted by molar-refractivity contribution is 8.02. The Morgan fingerprint density at radius 1 is 1.44 bits per heavy atom. The third-order valence-electron chi connectivity index (χ3n) is 3.95. The van der Waals surface area contributed by atoms with Crippen LogP contribution >= 0.6 is 11.8 Å². The number of para-hydroxylation sites is 1. The zero-order valence-electron chi connectivity index (χ0n) is 13.6. The van der Waals surface area contributed by atoms with Crippen molar-refractivity contribution in [3.05, 3.63) is 40.4 Å². The summed E-state index contributed by atoms with van der Waals surface area (Å²) in [5.41, 5.74) is 0.253. The number of hydrogen-bond acceptors (Lipinski definition) is 7. The molecule has 1 fully saturated rings. The molecule has 1 saturated heterocycles. The van der Waals surface area contributed by atoms with E-state index in [1.54, 1.807) is 31.2 Å². The van der Waals surface area contributed by atoms with Gasteiger partial charge in [0.1, 0.15) is 0 Å². The number of esters is 1. The number of aromatic amines is 1. The number of carbonyl (C=O) groups is 1. The molecule has 2 heterocycles. The van der Waals surface area contributed by atoms with E-state index in [1.807, 2.05) is 0 Å². The van der Waals surface area contributed by atoms with E-state index in [0.29, 0.717) is 17.3 Å². The van der Waals surface area contributed by atoms with Gasteiger partial charge in [-0.1, -0.05) is 12.1 Å². The van der Waals surface area contributed by atoms with Gasteiger partial charge in [-0.25, -0.2) is 13.4 Å². The average molecular weight is 382 g/mol. The summed E-state index contributed by atoms with van der Waals surface area (Å²) in [6.45, 7) is 1.63. The first-order chi connectivity index (χ1) is 11.8. The first kappa shape index (κ1) is 17.9. The smallest absolute Gasteiger partial charge is 0.316 e. The van der Waals surface area contributed by atoms with Gasteiger partial charge in [0, 0.05) is 5.25 Å². The molecule has 2 aromatic rings. The van der Waals surface area contributed by atoms with E-state index in [4.69, 9.17) is 4.74 Å². The van der Waals surface area contributed by atoms with Crippen LogP contribution in [0.4, 0.5) is 0 Å². The van der Waals surface area contributed by atoms with Crippen LogP contribution in [0.1, 0.15) is 25.3 Å². The van der Waals surface area contributed by atoms with Gasteiger partial charge in [-0.05, 0) is 25.5 Å². The van der Waals surface area contributed by atoms with Gasteiger partial charge in [0.25, 0.3) is 5.56 Å². The molecule has 0 spiro atoms. The fourth-order valence-electron chi connectivity index (χ4n) is 2.66. The lowest BCUT2D eigenvalue weighted by Crippen LogP contribution is -2.19. The van der Waals surface area contributed by atoms with E-state index >= 15 is 0 Å². The molecule has 134 valence electrons. The van der Waals surface area contributed by atoms with E-state index in [0.717, 1.165) is 0 Å². The summed E-state index contributed by atoms with van der Waals surface area (Å²) in [5, 5.41) is 0.411. The zero-order valence-corrected chi connectivity index (χ0v) is 15.2. The van der Waals surface area contributed by atoms with E-state index in [-0.39, 0.29) is 33.9 Å². The van der Waals surface area contributed by atoms with Crippen molar-refractivity contribution >= 4 is 38.5 Å². The number of H-pyrrole nitrogens is 1. The molecule has 0 aliphatic carbocycles. The fourth-order valence-corrected chi connectivity index (χ4v) is 6.09. The quantitative estimate of drug-likeness (QED) is 0.780. The third-order valence-corrected chi connectivity index (χ3v) is 7.21. The predicted octanol–water partition coefficient (Wildman–Crippen LogP) is 1.45. The molecule has 3 rings (SSSR count). The van der Waals surface area contributed by atoms with Gasteiger partial charge in [0.2, 0.25) is 0 Å². The molecule has 0 bridgehead atoms. The van der Waals surface area contributed by atoms with Crippen LogP contribution in [0, 0.1) is 0 Å². The first-order valence-corrected chi connectivity index (χ1v) is 10.7. The van der Waals surface area contributed by atoms with Crippen LogP contribution in [0.25, 0.3) is 10.9 Å². The van der Waals surface area contributed by atoms with E-state index in [9.17, 15) is 18.0 Å². The van der Waals surface area contributed by atoms with Crippen LogP contribution in [0.3, 0.4) is 0 Å². The summed E-state index contributed by atoms with van der Waals surface area (Å²) in [6.07, 6.45) is -0.132. The van der Waals surface area contributed by atoms with Crippen LogP contribution in [0.15, 0.2) is 29.1 Å². The van der Waals surface area contributed by atoms with Crippen LogP contribution in [0.2, 0.25) is 0 Å². The first-order valence-electron chi connectivity index (χ1n) is 7.84. The van der Waals surface area contributed by atoms with Crippen molar-refractivity contribution in [3.8, 4) is 0 Å². The Labute approximate surface area is 149 Å². The van der Waals surface area contributed by atoms with E-state index in [2.05, 4.69) is 9.97 Å². The predicted molar refractivity (Wildman–Crippen MR) is 96.4 cm³/mol. The number of aromatic nitrogens is 2. The molecule has 1 aliphatic rings. The Morgan fingerprint density at radius 2 is 2.20 bits per heavy atom. The number of nitrogens with zero attached hydrogens (tertiary/aromatic N) is 1. The van der Waals surface area contributed by atoms with Crippen molar-refractivity contribution in [1.82, 2.24) is 9.97 Å². The lowest BCUT2D eigenvalue weighted by Gasteiger charge is -2.14. The minimum absolute atomic E-state index is 0.0635. The average Bonchev–Trinajstić information content (AvgIpc) is 2.92. The molecule has 1 aromatic heterocycles. The van der Waals surface area contributed by atoms with Gasteiger partial charge in [-0.15, -0.1) is 11.8 Å². The highest BCUT2D eigenvalue weighted by Gasteiger charge is 2.29. The van der Waals surface area contributed by atoms with Gasteiger partial charge < -0.3 is 9.72 Å². The number of fused-ring (bicyclic) bond motifs is 1. The topological polar surface area (TPSA) is 106 Å². The molecule has 9 heteroatoms. The van der Waals surface area contributed by atoms with Crippen molar-refractivity contribution in [2.75, 3.05) is 17.3 Å². The van der Waals surface area contributed by atoms with Gasteiger partial charge in [0.05, 0.1) is 28.2 Å². The molecular weight excluding hydrogens is 364 g/mol. The summed E-state index contributed by atoms with van der Waals surface area (Å²) in [4.78, 5) is 31.0. The molecule has 0 radical (unpaired) electrons. The van der Waals surface area contributed by atoms with Crippen molar-refractivity contribution in [2.24, 2.45) is 0 Å². The Bertz CT molecular complexity index is 954. The third kappa shape index (κ3) is 4.40. The largest absolute Gasteiger partial charge is 0.454 e. The maximum Gasteiger partial charge on any atom is 0.316 e. The lowest BCUT2D eigenvalue weighted by molar-refractivity contribution is -0.145. The molecule has 7 nitrogen and oxygen atoms in total. The summed E-state index contributed by atoms with van der Waals surface area (Å²) < 4.78 is 28.1. The van der Waals surface area contributed by atoms with Crippen LogP contribution in [0.5, 0.6) is 0 Å². The number of benzene rings is 1. The second kappa shape index (κ2) is 7.17. The van der Waals surface area contributed by atoms with Crippen LogP contribution in [-0.4, -0.2) is 46.9 Å². The van der Waals surface area contributed by atoms with Gasteiger partial charge >= 0.3 is 5.97 Å². The summed E-state index contributed by atoms with van der Waals surface area (Å²) >= 11 is 1.29. The normalized spacial score (nSPS) is 20.4. The Balaban J connectivity index is 1.61. The molecular formula is C16H18N2O5S2. The number of nitrogens with one attached hydrogen (secondary N) is 1. The molecule has 0 amide bonds. The van der Waals surface area contributed by atoms with Crippen molar-refractivity contribution in [3.63, 3.8) is 0 Å². The second-order valence-corrected chi connectivity index (χ2v) is 9.45. The molecule has 1 N–H and O–H groups in total. The zero-order chi connectivity index (χ0) is 18.0. The summed E-state index contributed by atoms with van der Waals surface area (Å²) in [5.74, 6) is 0.184. The van der Waals surface area contributed by atoms with Crippen LogP contribution in [-0.2, 0) is 19.4 Å². The van der Waals surface area contributed by atoms with E-state index < -0.39 is 21.9 Å². The van der Waals surface area contributed by atoms with Crippen molar-refractivity contribution in [1.29, 1.82) is 0 Å². The van der Waals surface area contributed by atoms with Gasteiger partial charge in [-0.2, -0.15) is 0 Å². The Morgan fingerprint density at radius 3 is 2.92 bits per heavy atom. The molecule has 1 aromatic carbocycles. The van der Waals surface area contributed by atoms with Gasteiger partial charge in [-0.3, -0.25) is 9.59 Å². The minimum atomic E-state index is -2.96. The number of thioether (sulfide) groups is 1.